The molecule has 15 heavy (non-hydrogen) atoms. The fraction of sp³-hybridized carbons (Fsp3) is 0.545. The van der Waals surface area contributed by atoms with Crippen LogP contribution in [0.3, 0.4) is 0 Å². The topological polar surface area (TPSA) is 32.3 Å². The van der Waals surface area contributed by atoms with Gasteiger partial charge >= 0.3 is 0 Å². The molecule has 1 N–H and O–H groups in total. The lowest BCUT2D eigenvalue weighted by molar-refractivity contribution is 0.0784. The minimum Gasteiger partial charge on any atom is -0.380 e. The molecule has 0 atom stereocenters. The Balaban J connectivity index is 2.67. The van der Waals surface area contributed by atoms with Crippen molar-refractivity contribution in [2.45, 2.75) is 13.8 Å². The Morgan fingerprint density at radius 1 is 1.53 bits per heavy atom. The van der Waals surface area contributed by atoms with E-state index in [0.29, 0.717) is 5.92 Å². The predicted molar refractivity (Wildman–Crippen MR) is 65.7 cm³/mol. The molecule has 1 aromatic rings. The molecule has 0 fully saturated rings. The third-order valence-electron chi connectivity index (χ3n) is 2.05. The number of nitrogens with zero attached hydrogens (tertiary/aromatic N) is 1. The fourth-order valence-corrected chi connectivity index (χ4v) is 2.26. The summed E-state index contributed by atoms with van der Waals surface area (Å²) in [5.41, 5.74) is 0. The Morgan fingerprint density at radius 3 is 2.67 bits per heavy atom. The second kappa shape index (κ2) is 5.16. The van der Waals surface area contributed by atoms with Gasteiger partial charge in [0, 0.05) is 20.6 Å². The highest BCUT2D eigenvalue weighted by atomic mass is 32.1. The molecule has 1 aromatic heterocycles. The second-order valence-corrected chi connectivity index (χ2v) is 5.08. The molecule has 0 bridgehead atoms. The van der Waals surface area contributed by atoms with E-state index in [2.05, 4.69) is 19.2 Å². The molecule has 0 aliphatic rings. The zero-order valence-electron chi connectivity index (χ0n) is 9.70. The summed E-state index contributed by atoms with van der Waals surface area (Å²) in [7, 11) is 3.71. The highest BCUT2D eigenvalue weighted by Crippen LogP contribution is 2.22. The number of carbonyl (C=O) groups excluding carboxylic acids is 1. The van der Waals surface area contributed by atoms with Crippen molar-refractivity contribution in [1.29, 1.82) is 0 Å². The number of amides is 1. The number of hydrogen-bond acceptors (Lipinski definition) is 3. The Bertz CT molecular complexity index is 333. The molecule has 0 saturated carbocycles. The lowest BCUT2D eigenvalue weighted by atomic mass is 10.2. The Hall–Kier alpha value is -1.03. The van der Waals surface area contributed by atoms with Gasteiger partial charge in [0.2, 0.25) is 0 Å². The number of hydrogen-bond donors (Lipinski definition) is 1. The first-order valence-corrected chi connectivity index (χ1v) is 5.89. The van der Waals surface area contributed by atoms with Crippen LogP contribution in [0.2, 0.25) is 0 Å². The normalized spacial score (nSPS) is 10.5. The van der Waals surface area contributed by atoms with Crippen molar-refractivity contribution in [2.75, 3.05) is 26.0 Å². The molecule has 0 aliphatic carbocycles. The number of carbonyl (C=O) groups is 1. The summed E-state index contributed by atoms with van der Waals surface area (Å²) in [6.45, 7) is 5.01. The van der Waals surface area contributed by atoms with Crippen LogP contribution in [-0.2, 0) is 0 Å². The quantitative estimate of drug-likeness (QED) is 0.855. The van der Waals surface area contributed by atoms with Gasteiger partial charge in [0.15, 0.2) is 0 Å². The first-order chi connectivity index (χ1) is 7.04. The van der Waals surface area contributed by atoms with Gasteiger partial charge in [-0.1, -0.05) is 13.8 Å². The third-order valence-corrected chi connectivity index (χ3v) is 3.14. The molecule has 3 nitrogen and oxygen atoms in total. The molecule has 0 aliphatic heterocycles. The minimum atomic E-state index is 0.107. The van der Waals surface area contributed by atoms with E-state index in [4.69, 9.17) is 0 Å². The number of rotatable bonds is 4. The molecular formula is C11H18N2OS. The maximum atomic E-state index is 11.9. The molecule has 1 amide bonds. The molecular weight excluding hydrogens is 208 g/mol. The van der Waals surface area contributed by atoms with Crippen LogP contribution in [0.25, 0.3) is 0 Å². The number of nitrogens with one attached hydrogen (secondary N) is 1. The van der Waals surface area contributed by atoms with Crippen LogP contribution in [0.4, 0.5) is 5.00 Å². The van der Waals surface area contributed by atoms with Crippen LogP contribution in [0.15, 0.2) is 12.1 Å². The van der Waals surface area contributed by atoms with E-state index in [1.165, 1.54) is 11.3 Å². The number of thiophene rings is 1. The molecule has 4 heteroatoms. The van der Waals surface area contributed by atoms with Crippen molar-refractivity contribution < 1.29 is 4.79 Å². The number of anilines is 1. The zero-order valence-corrected chi connectivity index (χ0v) is 10.5. The lowest BCUT2D eigenvalue weighted by Crippen LogP contribution is -2.29. The van der Waals surface area contributed by atoms with Gasteiger partial charge in [-0.05, 0) is 18.1 Å². The van der Waals surface area contributed by atoms with Crippen molar-refractivity contribution in [3.8, 4) is 0 Å². The molecule has 0 radical (unpaired) electrons. The van der Waals surface area contributed by atoms with Gasteiger partial charge in [-0.15, -0.1) is 11.3 Å². The average molecular weight is 226 g/mol. The standard InChI is InChI=1S/C11H18N2OS/c1-8(2)7-13(4)11(14)9-5-6-10(12-3)15-9/h5-6,8,12H,7H2,1-4H3. The zero-order chi connectivity index (χ0) is 11.4. The molecule has 84 valence electrons. The van der Waals surface area contributed by atoms with Gasteiger partial charge in [-0.25, -0.2) is 0 Å². The maximum Gasteiger partial charge on any atom is 0.263 e. The summed E-state index contributed by atoms with van der Waals surface area (Å²) in [6, 6.07) is 3.80. The molecule has 1 heterocycles. The van der Waals surface area contributed by atoms with Crippen molar-refractivity contribution >= 4 is 22.2 Å². The van der Waals surface area contributed by atoms with Crippen LogP contribution >= 0.6 is 11.3 Å². The van der Waals surface area contributed by atoms with Crippen LogP contribution in [0, 0.1) is 5.92 Å². The third kappa shape index (κ3) is 3.23. The summed E-state index contributed by atoms with van der Waals surface area (Å²) in [4.78, 5) is 14.5. The van der Waals surface area contributed by atoms with Crippen LogP contribution < -0.4 is 5.32 Å². The van der Waals surface area contributed by atoms with E-state index in [1.54, 1.807) is 4.90 Å². The molecule has 0 aromatic carbocycles. The predicted octanol–water partition coefficient (Wildman–Crippen LogP) is 2.52. The molecule has 0 spiro atoms. The molecule has 1 rings (SSSR count). The highest BCUT2D eigenvalue weighted by Gasteiger charge is 2.14. The van der Waals surface area contributed by atoms with Crippen molar-refractivity contribution in [3.05, 3.63) is 17.0 Å². The van der Waals surface area contributed by atoms with E-state index >= 15 is 0 Å². The summed E-state index contributed by atoms with van der Waals surface area (Å²) in [5, 5.41) is 4.05. The van der Waals surface area contributed by atoms with Crippen LogP contribution in [0.5, 0.6) is 0 Å². The minimum absolute atomic E-state index is 0.107. The van der Waals surface area contributed by atoms with Crippen molar-refractivity contribution in [2.24, 2.45) is 5.92 Å². The van der Waals surface area contributed by atoms with E-state index in [1.807, 2.05) is 26.2 Å². The van der Waals surface area contributed by atoms with Gasteiger partial charge < -0.3 is 10.2 Å². The Morgan fingerprint density at radius 2 is 2.20 bits per heavy atom. The largest absolute Gasteiger partial charge is 0.380 e. The average Bonchev–Trinajstić information content (AvgIpc) is 2.63. The second-order valence-electron chi connectivity index (χ2n) is 3.99. The molecule has 0 unspecified atom stereocenters. The van der Waals surface area contributed by atoms with E-state index < -0.39 is 0 Å². The Labute approximate surface area is 95.1 Å². The van der Waals surface area contributed by atoms with Gasteiger partial charge in [-0.3, -0.25) is 4.79 Å². The SMILES string of the molecule is CNc1ccc(C(=O)N(C)CC(C)C)s1. The lowest BCUT2D eigenvalue weighted by Gasteiger charge is -2.18. The van der Waals surface area contributed by atoms with Gasteiger partial charge in [-0.2, -0.15) is 0 Å². The van der Waals surface area contributed by atoms with Crippen LogP contribution in [0.1, 0.15) is 23.5 Å². The summed E-state index contributed by atoms with van der Waals surface area (Å²) in [5.74, 6) is 0.609. The summed E-state index contributed by atoms with van der Waals surface area (Å²) >= 11 is 1.49. The van der Waals surface area contributed by atoms with Crippen LogP contribution in [-0.4, -0.2) is 31.4 Å². The molecule has 0 saturated heterocycles. The first-order valence-electron chi connectivity index (χ1n) is 5.07. The van der Waals surface area contributed by atoms with Crippen molar-refractivity contribution in [1.82, 2.24) is 4.90 Å². The van der Waals surface area contributed by atoms with E-state index in [0.717, 1.165) is 16.4 Å². The van der Waals surface area contributed by atoms with Crippen molar-refractivity contribution in [3.63, 3.8) is 0 Å². The van der Waals surface area contributed by atoms with E-state index in [-0.39, 0.29) is 5.91 Å². The van der Waals surface area contributed by atoms with Gasteiger partial charge in [0.05, 0.1) is 9.88 Å². The first kappa shape index (κ1) is 12.0. The highest BCUT2D eigenvalue weighted by molar-refractivity contribution is 7.17. The Kier molecular flexibility index (Phi) is 4.15. The van der Waals surface area contributed by atoms with Gasteiger partial charge in [0.1, 0.15) is 0 Å². The van der Waals surface area contributed by atoms with Gasteiger partial charge in [0.25, 0.3) is 5.91 Å². The monoisotopic (exact) mass is 226 g/mol. The summed E-state index contributed by atoms with van der Waals surface area (Å²) in [6.07, 6.45) is 0. The fourth-order valence-electron chi connectivity index (χ4n) is 1.41. The maximum absolute atomic E-state index is 11.9. The summed E-state index contributed by atoms with van der Waals surface area (Å²) < 4.78 is 0. The smallest absolute Gasteiger partial charge is 0.263 e. The van der Waals surface area contributed by atoms with E-state index in [9.17, 15) is 4.79 Å².